The van der Waals surface area contributed by atoms with Crippen LogP contribution >= 0.6 is 0 Å². The lowest BCUT2D eigenvalue weighted by Crippen LogP contribution is -2.35. The van der Waals surface area contributed by atoms with Crippen LogP contribution in [0.3, 0.4) is 0 Å². The summed E-state index contributed by atoms with van der Waals surface area (Å²) in [4.78, 5) is 29.8. The summed E-state index contributed by atoms with van der Waals surface area (Å²) in [7, 11) is 0. The van der Waals surface area contributed by atoms with Gasteiger partial charge in [-0.15, -0.1) is 10.2 Å². The number of pyridine rings is 2. The zero-order chi connectivity index (χ0) is 24.6. The minimum Gasteiger partial charge on any atom is -0.481 e. The fourth-order valence-electron chi connectivity index (χ4n) is 3.92. The summed E-state index contributed by atoms with van der Waals surface area (Å²) in [6.45, 7) is -0.328. The summed E-state index contributed by atoms with van der Waals surface area (Å²) in [5.74, 6) is -0.442. The average Bonchev–Trinajstić information content (AvgIpc) is 3.34. The summed E-state index contributed by atoms with van der Waals surface area (Å²) in [5.41, 5.74) is 4.72. The van der Waals surface area contributed by atoms with Gasteiger partial charge in [0, 0.05) is 23.3 Å². The molecule has 0 radical (unpaired) electrons. The number of ether oxygens (including phenoxy) is 1. The second kappa shape index (κ2) is 8.55. The van der Waals surface area contributed by atoms with Crippen molar-refractivity contribution in [2.24, 2.45) is 0 Å². The number of fused-ring (bicyclic) bond motifs is 4. The third kappa shape index (κ3) is 3.68. The molecule has 36 heavy (non-hydrogen) atoms. The Kier molecular flexibility index (Phi) is 5.07. The predicted octanol–water partition coefficient (Wildman–Crippen LogP) is 2.94. The van der Waals surface area contributed by atoms with E-state index in [0.29, 0.717) is 33.6 Å². The molecule has 4 heterocycles. The predicted molar refractivity (Wildman–Crippen MR) is 130 cm³/mol. The molecule has 2 aromatic carbocycles. The number of aromatic nitrogens is 6. The van der Waals surface area contributed by atoms with Gasteiger partial charge in [0.25, 0.3) is 11.5 Å². The SMILES string of the molecule is O=C(COc1cccc2cccnc12)Nn1ccc2c(nnc3c(-c4ccc(F)cc4)cnn32)c1=O. The largest absolute Gasteiger partial charge is 0.481 e. The maximum atomic E-state index is 13.3. The van der Waals surface area contributed by atoms with Gasteiger partial charge in [-0.1, -0.05) is 30.3 Å². The van der Waals surface area contributed by atoms with Gasteiger partial charge in [-0.25, -0.2) is 13.6 Å². The fraction of sp³-hybridized carbons (Fsp3) is 0.0400. The van der Waals surface area contributed by atoms with Crippen LogP contribution in [0.25, 0.3) is 38.7 Å². The molecule has 1 N–H and O–H groups in total. The van der Waals surface area contributed by atoms with Crippen LogP contribution in [0.2, 0.25) is 0 Å². The molecule has 0 aliphatic heterocycles. The van der Waals surface area contributed by atoms with E-state index in [1.165, 1.54) is 22.8 Å². The summed E-state index contributed by atoms with van der Waals surface area (Å²) in [6.07, 6.45) is 4.62. The molecule has 0 saturated carbocycles. The number of halogens is 1. The first-order valence-corrected chi connectivity index (χ1v) is 10.9. The summed E-state index contributed by atoms with van der Waals surface area (Å²) >= 11 is 0. The van der Waals surface area contributed by atoms with Crippen LogP contribution in [-0.2, 0) is 4.79 Å². The smallest absolute Gasteiger partial charge is 0.299 e. The molecule has 0 unspecified atom stereocenters. The maximum Gasteiger partial charge on any atom is 0.299 e. The standard InChI is InChI=1S/C25H16FN7O3/c26-17-8-6-15(7-9-17)18-13-28-33-19-10-12-32(25(35)23(19)29-30-24(18)33)31-21(34)14-36-20-5-1-3-16-4-2-11-27-22(16)20/h1-13H,14H2,(H,31,34). The molecule has 0 aliphatic rings. The van der Waals surface area contributed by atoms with Gasteiger partial charge in [0.2, 0.25) is 0 Å². The lowest BCUT2D eigenvalue weighted by atomic mass is 10.1. The Hall–Kier alpha value is -5.19. The van der Waals surface area contributed by atoms with Gasteiger partial charge >= 0.3 is 0 Å². The van der Waals surface area contributed by atoms with Crippen molar-refractivity contribution in [3.8, 4) is 16.9 Å². The van der Waals surface area contributed by atoms with Gasteiger partial charge in [-0.2, -0.15) is 5.10 Å². The number of rotatable bonds is 5. The van der Waals surface area contributed by atoms with Crippen molar-refractivity contribution in [1.29, 1.82) is 0 Å². The monoisotopic (exact) mass is 481 g/mol. The van der Waals surface area contributed by atoms with Crippen LogP contribution in [0.1, 0.15) is 0 Å². The van der Waals surface area contributed by atoms with Crippen molar-refractivity contribution >= 4 is 33.5 Å². The molecule has 4 aromatic heterocycles. The normalized spacial score (nSPS) is 11.2. The zero-order valence-electron chi connectivity index (χ0n) is 18.5. The van der Waals surface area contributed by atoms with Gasteiger partial charge in [0.05, 0.1) is 6.20 Å². The highest BCUT2D eigenvalue weighted by Gasteiger charge is 2.15. The quantitative estimate of drug-likeness (QED) is 0.402. The lowest BCUT2D eigenvalue weighted by Gasteiger charge is -2.11. The van der Waals surface area contributed by atoms with Gasteiger partial charge in [-0.3, -0.25) is 20.0 Å². The average molecular weight is 481 g/mol. The van der Waals surface area contributed by atoms with E-state index in [-0.39, 0.29) is 17.9 Å². The van der Waals surface area contributed by atoms with Crippen molar-refractivity contribution in [2.45, 2.75) is 0 Å². The van der Waals surface area contributed by atoms with Crippen molar-refractivity contribution in [2.75, 3.05) is 12.0 Å². The van der Waals surface area contributed by atoms with Crippen LogP contribution in [0.15, 0.2) is 84.0 Å². The van der Waals surface area contributed by atoms with Crippen LogP contribution in [0.4, 0.5) is 4.39 Å². The molecule has 176 valence electrons. The Balaban J connectivity index is 1.26. The van der Waals surface area contributed by atoms with Crippen molar-refractivity contribution < 1.29 is 13.9 Å². The highest BCUT2D eigenvalue weighted by atomic mass is 19.1. The van der Waals surface area contributed by atoms with E-state index in [4.69, 9.17) is 4.74 Å². The van der Waals surface area contributed by atoms with E-state index < -0.39 is 11.5 Å². The first-order valence-electron chi connectivity index (χ1n) is 10.9. The fourth-order valence-corrected chi connectivity index (χ4v) is 3.92. The molecule has 0 fully saturated rings. The van der Waals surface area contributed by atoms with Gasteiger partial charge < -0.3 is 4.74 Å². The molecule has 11 heteroatoms. The van der Waals surface area contributed by atoms with Gasteiger partial charge in [-0.05, 0) is 35.9 Å². The van der Waals surface area contributed by atoms with Crippen molar-refractivity contribution in [3.63, 3.8) is 0 Å². The minimum absolute atomic E-state index is 0.0122. The Morgan fingerprint density at radius 3 is 2.69 bits per heavy atom. The molecule has 10 nitrogen and oxygen atoms in total. The van der Waals surface area contributed by atoms with E-state index in [9.17, 15) is 14.0 Å². The van der Waals surface area contributed by atoms with Crippen molar-refractivity contribution in [3.05, 3.63) is 95.4 Å². The van der Waals surface area contributed by atoms with Crippen LogP contribution in [-0.4, -0.2) is 42.0 Å². The maximum absolute atomic E-state index is 13.3. The Morgan fingerprint density at radius 2 is 1.83 bits per heavy atom. The summed E-state index contributed by atoms with van der Waals surface area (Å²) in [5, 5.41) is 13.4. The lowest BCUT2D eigenvalue weighted by molar-refractivity contribution is -0.119. The topological polar surface area (TPSA) is 116 Å². The molecule has 0 bridgehead atoms. The van der Waals surface area contributed by atoms with E-state index in [1.807, 2.05) is 18.2 Å². The Labute approximate surface area is 201 Å². The number of carbonyl (C=O) groups is 1. The highest BCUT2D eigenvalue weighted by Crippen LogP contribution is 2.25. The molecule has 6 rings (SSSR count). The molecular formula is C25H16FN7O3. The molecule has 6 aromatic rings. The van der Waals surface area contributed by atoms with Crippen molar-refractivity contribution in [1.82, 2.24) is 29.5 Å². The number of hydrogen-bond acceptors (Lipinski definition) is 7. The second-order valence-electron chi connectivity index (χ2n) is 7.88. The number of carbonyl (C=O) groups excluding carboxylic acids is 1. The van der Waals surface area contributed by atoms with Crippen LogP contribution < -0.4 is 15.7 Å². The number of benzene rings is 2. The number of para-hydroxylation sites is 1. The Morgan fingerprint density at radius 1 is 1.00 bits per heavy atom. The number of amides is 1. The van der Waals surface area contributed by atoms with E-state index >= 15 is 0 Å². The minimum atomic E-state index is -0.582. The number of hydrogen-bond donors (Lipinski definition) is 1. The highest BCUT2D eigenvalue weighted by molar-refractivity contribution is 5.88. The third-order valence-corrected chi connectivity index (χ3v) is 5.62. The summed E-state index contributed by atoms with van der Waals surface area (Å²) in [6, 6.07) is 16.6. The van der Waals surface area contributed by atoms with Crippen LogP contribution in [0, 0.1) is 5.82 Å². The van der Waals surface area contributed by atoms with Gasteiger partial charge in [0.15, 0.2) is 17.8 Å². The third-order valence-electron chi connectivity index (χ3n) is 5.62. The molecule has 0 atom stereocenters. The molecule has 0 spiro atoms. The van der Waals surface area contributed by atoms with Gasteiger partial charge in [0.1, 0.15) is 22.6 Å². The molecule has 0 aliphatic carbocycles. The number of nitrogens with zero attached hydrogens (tertiary/aromatic N) is 6. The number of nitrogens with one attached hydrogen (secondary N) is 1. The first kappa shape index (κ1) is 21.4. The molecule has 1 amide bonds. The first-order chi connectivity index (χ1) is 17.6. The molecular weight excluding hydrogens is 465 g/mol. The Bertz CT molecular complexity index is 1820. The second-order valence-corrected chi connectivity index (χ2v) is 7.88. The van der Waals surface area contributed by atoms with E-state index in [1.54, 1.807) is 42.7 Å². The summed E-state index contributed by atoms with van der Waals surface area (Å²) < 4.78 is 21.4. The van der Waals surface area contributed by atoms with E-state index in [0.717, 1.165) is 10.1 Å². The zero-order valence-corrected chi connectivity index (χ0v) is 18.5. The van der Waals surface area contributed by atoms with Crippen LogP contribution in [0.5, 0.6) is 5.75 Å². The van der Waals surface area contributed by atoms with E-state index in [2.05, 4.69) is 25.7 Å². The molecule has 0 saturated heterocycles.